The van der Waals surface area contributed by atoms with Gasteiger partial charge in [-0.15, -0.1) is 0 Å². The van der Waals surface area contributed by atoms with Crippen molar-refractivity contribution in [2.45, 2.75) is 64.2 Å². The molecule has 0 aliphatic heterocycles. The molecule has 3 rings (SSSR count). The molecule has 3 amide bonds. The third-order valence-corrected chi connectivity index (χ3v) is 6.55. The molecule has 164 valence electrons. The maximum absolute atomic E-state index is 13.5. The molecule has 2 aliphatic carbocycles. The van der Waals surface area contributed by atoms with Crippen LogP contribution >= 0.6 is 11.6 Å². The Hall–Kier alpha value is -1.92. The summed E-state index contributed by atoms with van der Waals surface area (Å²) in [5.74, 6) is -0.985. The number of halogens is 1. The summed E-state index contributed by atoms with van der Waals surface area (Å²) in [6.45, 7) is 0.682. The van der Waals surface area contributed by atoms with Gasteiger partial charge in [-0.25, -0.2) is 4.90 Å². The molecule has 0 radical (unpaired) electrons. The lowest BCUT2D eigenvalue weighted by molar-refractivity contribution is -0.131. The first-order chi connectivity index (χ1) is 14.5. The zero-order valence-electron chi connectivity index (χ0n) is 17.5. The first-order valence-electron chi connectivity index (χ1n) is 11.2. The molecule has 0 atom stereocenters. The molecule has 2 saturated carbocycles. The molecule has 30 heavy (non-hydrogen) atoms. The Morgan fingerprint density at radius 3 is 1.97 bits per heavy atom. The molecule has 0 heterocycles. The van der Waals surface area contributed by atoms with Gasteiger partial charge in [0, 0.05) is 30.5 Å². The molecular weight excluding hydrogens is 402 g/mol. The van der Waals surface area contributed by atoms with Crippen molar-refractivity contribution >= 4 is 35.0 Å². The third kappa shape index (κ3) is 5.41. The van der Waals surface area contributed by atoms with Gasteiger partial charge in [-0.1, -0.05) is 50.1 Å². The second-order valence-electron chi connectivity index (χ2n) is 8.39. The Morgan fingerprint density at radius 2 is 1.47 bits per heavy atom. The topological polar surface area (TPSA) is 92.5 Å². The molecule has 3 N–H and O–H groups in total. The first-order valence-corrected chi connectivity index (χ1v) is 11.6. The van der Waals surface area contributed by atoms with E-state index in [0.29, 0.717) is 29.4 Å². The highest BCUT2D eigenvalue weighted by Crippen LogP contribution is 2.35. The van der Waals surface area contributed by atoms with E-state index < -0.39 is 0 Å². The minimum absolute atomic E-state index is 0.169. The van der Waals surface area contributed by atoms with Crippen molar-refractivity contribution in [2.75, 3.05) is 18.0 Å². The van der Waals surface area contributed by atoms with Crippen molar-refractivity contribution in [3.05, 3.63) is 28.8 Å². The number of benzene rings is 1. The van der Waals surface area contributed by atoms with Crippen LogP contribution in [0.5, 0.6) is 0 Å². The molecule has 0 saturated heterocycles. The van der Waals surface area contributed by atoms with E-state index >= 15 is 0 Å². The number of carbonyl (C=O) groups is 3. The predicted molar refractivity (Wildman–Crippen MR) is 118 cm³/mol. The van der Waals surface area contributed by atoms with Crippen LogP contribution in [0.1, 0.15) is 74.6 Å². The van der Waals surface area contributed by atoms with Gasteiger partial charge in [-0.2, -0.15) is 0 Å². The average molecular weight is 434 g/mol. The van der Waals surface area contributed by atoms with Crippen molar-refractivity contribution in [1.82, 2.24) is 5.32 Å². The number of imide groups is 1. The maximum Gasteiger partial charge on any atom is 0.251 e. The molecule has 7 heteroatoms. The highest BCUT2D eigenvalue weighted by atomic mass is 35.5. The largest absolute Gasteiger partial charge is 0.351 e. The molecule has 0 spiro atoms. The fraction of sp³-hybridized carbons (Fsp3) is 0.609. The van der Waals surface area contributed by atoms with Crippen molar-refractivity contribution in [3.63, 3.8) is 0 Å². The minimum atomic E-state index is -0.298. The van der Waals surface area contributed by atoms with Crippen LogP contribution in [0.2, 0.25) is 5.02 Å². The third-order valence-electron chi connectivity index (χ3n) is 6.23. The number of carbonyl (C=O) groups excluding carboxylic acids is 3. The fourth-order valence-corrected chi connectivity index (χ4v) is 4.73. The lowest BCUT2D eigenvalue weighted by atomic mass is 9.85. The SMILES string of the molecule is NCCNC(=O)c1ccc(Cl)c(N(C(=O)C2CCCCC2)C(=O)C2CCCCC2)c1. The molecule has 1 aromatic rings. The number of nitrogens with two attached hydrogens (primary N) is 1. The Morgan fingerprint density at radius 1 is 0.933 bits per heavy atom. The molecule has 2 aliphatic rings. The Kier molecular flexibility index (Phi) is 8.28. The van der Waals surface area contributed by atoms with Crippen molar-refractivity contribution in [3.8, 4) is 0 Å². The summed E-state index contributed by atoms with van der Waals surface area (Å²) >= 11 is 6.47. The fourth-order valence-electron chi connectivity index (χ4n) is 4.52. The predicted octanol–water partition coefficient (Wildman–Crippen LogP) is 4.05. The van der Waals surface area contributed by atoms with E-state index in [1.165, 1.54) is 4.90 Å². The van der Waals surface area contributed by atoms with Gasteiger partial charge in [0.1, 0.15) is 0 Å². The molecule has 6 nitrogen and oxygen atoms in total. The Labute approximate surface area is 183 Å². The van der Waals surface area contributed by atoms with E-state index in [0.717, 1.165) is 64.2 Å². The zero-order chi connectivity index (χ0) is 21.5. The Balaban J connectivity index is 1.95. The van der Waals surface area contributed by atoms with Crippen LogP contribution in [0.4, 0.5) is 5.69 Å². The monoisotopic (exact) mass is 433 g/mol. The van der Waals surface area contributed by atoms with E-state index in [2.05, 4.69) is 5.32 Å². The summed E-state index contributed by atoms with van der Waals surface area (Å²) in [6.07, 6.45) is 9.41. The number of hydrogen-bond acceptors (Lipinski definition) is 4. The molecule has 1 aromatic carbocycles. The van der Waals surface area contributed by atoms with Gasteiger partial charge in [0.15, 0.2) is 0 Å². The lowest BCUT2D eigenvalue weighted by Gasteiger charge is -2.32. The molecule has 0 bridgehead atoms. The molecule has 0 unspecified atom stereocenters. The number of hydrogen-bond donors (Lipinski definition) is 2. The van der Waals surface area contributed by atoms with Gasteiger partial charge in [-0.3, -0.25) is 14.4 Å². The summed E-state index contributed by atoms with van der Waals surface area (Å²) in [5.41, 5.74) is 6.15. The minimum Gasteiger partial charge on any atom is -0.351 e. The van der Waals surface area contributed by atoms with E-state index in [9.17, 15) is 14.4 Å². The summed E-state index contributed by atoms with van der Waals surface area (Å²) in [7, 11) is 0. The zero-order valence-corrected chi connectivity index (χ0v) is 18.3. The van der Waals surface area contributed by atoms with Crippen molar-refractivity contribution < 1.29 is 14.4 Å². The number of rotatable bonds is 6. The quantitative estimate of drug-likeness (QED) is 0.662. The van der Waals surface area contributed by atoms with Gasteiger partial charge >= 0.3 is 0 Å². The lowest BCUT2D eigenvalue weighted by Crippen LogP contribution is -2.45. The van der Waals surface area contributed by atoms with Crippen molar-refractivity contribution in [2.24, 2.45) is 17.6 Å². The number of nitrogens with zero attached hydrogens (tertiary/aromatic N) is 1. The van der Waals surface area contributed by atoms with Gasteiger partial charge < -0.3 is 11.1 Å². The highest BCUT2D eigenvalue weighted by molar-refractivity contribution is 6.35. The van der Waals surface area contributed by atoms with Gasteiger partial charge in [0.05, 0.1) is 10.7 Å². The average Bonchev–Trinajstić information content (AvgIpc) is 2.79. The van der Waals surface area contributed by atoms with E-state index in [1.54, 1.807) is 18.2 Å². The summed E-state index contributed by atoms with van der Waals surface area (Å²) in [6, 6.07) is 4.76. The normalized spacial score (nSPS) is 18.1. The van der Waals surface area contributed by atoms with Crippen LogP contribution in [-0.2, 0) is 9.59 Å². The summed E-state index contributed by atoms with van der Waals surface area (Å²) in [5, 5.41) is 3.03. The van der Waals surface area contributed by atoms with Crippen LogP contribution in [0.25, 0.3) is 0 Å². The van der Waals surface area contributed by atoms with Crippen LogP contribution in [0.3, 0.4) is 0 Å². The molecular formula is C23H32ClN3O3. The van der Waals surface area contributed by atoms with E-state index in [4.69, 9.17) is 17.3 Å². The summed E-state index contributed by atoms with van der Waals surface area (Å²) in [4.78, 5) is 40.8. The van der Waals surface area contributed by atoms with Crippen LogP contribution in [0, 0.1) is 11.8 Å². The van der Waals surface area contributed by atoms with E-state index in [-0.39, 0.29) is 29.6 Å². The van der Waals surface area contributed by atoms with Gasteiger partial charge in [0.2, 0.25) is 11.8 Å². The van der Waals surface area contributed by atoms with Gasteiger partial charge in [-0.05, 0) is 43.9 Å². The molecule has 2 fully saturated rings. The molecule has 0 aromatic heterocycles. The second kappa shape index (κ2) is 10.9. The smallest absolute Gasteiger partial charge is 0.251 e. The van der Waals surface area contributed by atoms with Crippen LogP contribution < -0.4 is 16.0 Å². The van der Waals surface area contributed by atoms with Crippen molar-refractivity contribution in [1.29, 1.82) is 0 Å². The number of amides is 3. The van der Waals surface area contributed by atoms with E-state index in [1.807, 2.05) is 0 Å². The highest BCUT2D eigenvalue weighted by Gasteiger charge is 2.36. The standard InChI is InChI=1S/C23H32ClN3O3/c24-19-12-11-18(21(28)26-14-13-25)15-20(19)27(22(29)16-7-3-1-4-8-16)23(30)17-9-5-2-6-10-17/h11-12,15-17H,1-10,13-14,25H2,(H,26,28). The second-order valence-corrected chi connectivity index (χ2v) is 8.80. The van der Waals surface area contributed by atoms with Crippen LogP contribution in [-0.4, -0.2) is 30.8 Å². The summed E-state index contributed by atoms with van der Waals surface area (Å²) < 4.78 is 0. The number of anilines is 1. The maximum atomic E-state index is 13.5. The Bertz CT molecular complexity index is 741. The van der Waals surface area contributed by atoms with Crippen LogP contribution in [0.15, 0.2) is 18.2 Å². The number of nitrogens with one attached hydrogen (secondary N) is 1. The van der Waals surface area contributed by atoms with Gasteiger partial charge in [0.25, 0.3) is 5.91 Å². The first kappa shape index (κ1) is 22.8.